The van der Waals surface area contributed by atoms with Crippen molar-refractivity contribution in [1.82, 2.24) is 0 Å². The Labute approximate surface area is 133 Å². The van der Waals surface area contributed by atoms with Crippen molar-refractivity contribution in [2.24, 2.45) is 5.92 Å². The lowest BCUT2D eigenvalue weighted by atomic mass is 9.77. The molecule has 2 rings (SSSR count). The third-order valence-electron chi connectivity index (χ3n) is 4.96. The van der Waals surface area contributed by atoms with Crippen molar-refractivity contribution in [1.29, 1.82) is 0 Å². The molecule has 1 aromatic carbocycles. The molecule has 22 heavy (non-hydrogen) atoms. The molecular formula is C20H28F2. The molecule has 0 nitrogen and oxygen atoms in total. The Morgan fingerprint density at radius 3 is 2.36 bits per heavy atom. The average Bonchev–Trinajstić information content (AvgIpc) is 2.53. The van der Waals surface area contributed by atoms with Crippen LogP contribution in [0.1, 0.15) is 75.3 Å². The van der Waals surface area contributed by atoms with E-state index in [1.54, 1.807) is 19.1 Å². The van der Waals surface area contributed by atoms with Gasteiger partial charge in [-0.3, -0.25) is 0 Å². The Balaban J connectivity index is 1.83. The van der Waals surface area contributed by atoms with Crippen LogP contribution in [0.2, 0.25) is 0 Å². The molecule has 0 radical (unpaired) electrons. The number of halogens is 2. The SMILES string of the molecule is CCC/C=C/CCC1CCC(c2ccc(C)c(F)c2F)CC1. The van der Waals surface area contributed by atoms with Crippen molar-refractivity contribution >= 4 is 0 Å². The monoisotopic (exact) mass is 306 g/mol. The summed E-state index contributed by atoms with van der Waals surface area (Å²) in [5, 5.41) is 0. The fraction of sp³-hybridized carbons (Fsp3) is 0.600. The van der Waals surface area contributed by atoms with Crippen LogP contribution in [0.5, 0.6) is 0 Å². The molecule has 0 atom stereocenters. The van der Waals surface area contributed by atoms with Crippen molar-refractivity contribution in [2.75, 3.05) is 0 Å². The number of unbranched alkanes of at least 4 members (excludes halogenated alkanes) is 1. The van der Waals surface area contributed by atoms with Crippen molar-refractivity contribution in [3.05, 3.63) is 47.0 Å². The van der Waals surface area contributed by atoms with Gasteiger partial charge in [-0.15, -0.1) is 0 Å². The van der Waals surface area contributed by atoms with Crippen LogP contribution in [0.4, 0.5) is 8.78 Å². The van der Waals surface area contributed by atoms with Gasteiger partial charge < -0.3 is 0 Å². The maximum Gasteiger partial charge on any atom is 0.162 e. The van der Waals surface area contributed by atoms with Crippen molar-refractivity contribution in [3.8, 4) is 0 Å². The van der Waals surface area contributed by atoms with Gasteiger partial charge in [0, 0.05) is 0 Å². The van der Waals surface area contributed by atoms with Gasteiger partial charge in [-0.05, 0) is 74.8 Å². The van der Waals surface area contributed by atoms with Crippen LogP contribution in [0.3, 0.4) is 0 Å². The number of hydrogen-bond acceptors (Lipinski definition) is 0. The third kappa shape index (κ3) is 4.41. The molecule has 1 aliphatic carbocycles. The van der Waals surface area contributed by atoms with Gasteiger partial charge in [0.1, 0.15) is 0 Å². The fourth-order valence-corrected chi connectivity index (χ4v) is 3.47. The second-order valence-electron chi connectivity index (χ2n) is 6.65. The Morgan fingerprint density at radius 1 is 1.00 bits per heavy atom. The van der Waals surface area contributed by atoms with E-state index < -0.39 is 11.6 Å². The van der Waals surface area contributed by atoms with E-state index in [0.717, 1.165) is 38.0 Å². The maximum absolute atomic E-state index is 14.1. The molecule has 1 aliphatic rings. The predicted molar refractivity (Wildman–Crippen MR) is 89.1 cm³/mol. The van der Waals surface area contributed by atoms with E-state index in [0.29, 0.717) is 11.1 Å². The maximum atomic E-state index is 14.1. The molecule has 0 heterocycles. The first kappa shape index (κ1) is 17.2. The van der Waals surface area contributed by atoms with E-state index in [1.807, 2.05) is 0 Å². The quantitative estimate of drug-likeness (QED) is 0.514. The summed E-state index contributed by atoms with van der Waals surface area (Å²) < 4.78 is 27.8. The van der Waals surface area contributed by atoms with Gasteiger partial charge in [0.2, 0.25) is 0 Å². The minimum atomic E-state index is -0.666. The molecule has 2 heteroatoms. The Morgan fingerprint density at radius 2 is 1.68 bits per heavy atom. The molecule has 122 valence electrons. The molecule has 0 unspecified atom stereocenters. The highest BCUT2D eigenvalue weighted by Crippen LogP contribution is 2.39. The molecule has 0 saturated heterocycles. The Hall–Kier alpha value is -1.18. The number of allylic oxidation sites excluding steroid dienone is 2. The predicted octanol–water partition coefficient (Wildman–Crippen LogP) is 6.68. The van der Waals surface area contributed by atoms with E-state index in [2.05, 4.69) is 19.1 Å². The van der Waals surface area contributed by atoms with E-state index in [9.17, 15) is 8.78 Å². The molecule has 1 saturated carbocycles. The van der Waals surface area contributed by atoms with E-state index in [-0.39, 0.29) is 5.92 Å². The second-order valence-corrected chi connectivity index (χ2v) is 6.65. The summed E-state index contributed by atoms with van der Waals surface area (Å²) in [7, 11) is 0. The first-order valence-corrected chi connectivity index (χ1v) is 8.73. The number of benzene rings is 1. The van der Waals surface area contributed by atoms with Crippen molar-refractivity contribution in [3.63, 3.8) is 0 Å². The normalized spacial score (nSPS) is 22.4. The molecule has 0 aliphatic heterocycles. The van der Waals surface area contributed by atoms with Crippen LogP contribution in [0.15, 0.2) is 24.3 Å². The Kier molecular flexibility index (Phi) is 6.60. The van der Waals surface area contributed by atoms with Crippen LogP contribution in [-0.2, 0) is 0 Å². The van der Waals surface area contributed by atoms with Gasteiger partial charge >= 0.3 is 0 Å². The van der Waals surface area contributed by atoms with Crippen LogP contribution >= 0.6 is 0 Å². The molecule has 0 aromatic heterocycles. The van der Waals surface area contributed by atoms with E-state index in [1.165, 1.54) is 19.3 Å². The Bertz CT molecular complexity index is 497. The largest absolute Gasteiger partial charge is 0.203 e. The van der Waals surface area contributed by atoms with Crippen molar-refractivity contribution < 1.29 is 8.78 Å². The summed E-state index contributed by atoms with van der Waals surface area (Å²) in [5.41, 5.74) is 0.984. The summed E-state index contributed by atoms with van der Waals surface area (Å²) in [6, 6.07) is 3.49. The lowest BCUT2D eigenvalue weighted by molar-refractivity contribution is 0.306. The van der Waals surface area contributed by atoms with Gasteiger partial charge in [0.15, 0.2) is 11.6 Å². The molecule has 0 amide bonds. The van der Waals surface area contributed by atoms with Crippen LogP contribution < -0.4 is 0 Å². The third-order valence-corrected chi connectivity index (χ3v) is 4.96. The van der Waals surface area contributed by atoms with Gasteiger partial charge in [0.25, 0.3) is 0 Å². The van der Waals surface area contributed by atoms with Crippen LogP contribution in [0, 0.1) is 24.5 Å². The first-order chi connectivity index (χ1) is 10.6. The average molecular weight is 306 g/mol. The molecule has 1 fully saturated rings. The lowest BCUT2D eigenvalue weighted by Gasteiger charge is -2.29. The minimum Gasteiger partial charge on any atom is -0.203 e. The van der Waals surface area contributed by atoms with Gasteiger partial charge in [-0.1, -0.05) is 37.6 Å². The number of hydrogen-bond donors (Lipinski definition) is 0. The van der Waals surface area contributed by atoms with E-state index >= 15 is 0 Å². The highest BCUT2D eigenvalue weighted by atomic mass is 19.2. The van der Waals surface area contributed by atoms with Gasteiger partial charge in [-0.2, -0.15) is 0 Å². The zero-order chi connectivity index (χ0) is 15.9. The standard InChI is InChI=1S/C20H28F2/c1-3-4-5-6-7-8-16-10-12-17(13-11-16)18-14-9-15(2)19(21)20(18)22/h5-6,9,14,16-17H,3-4,7-8,10-13H2,1-2H3/b6-5+. The fourth-order valence-electron chi connectivity index (χ4n) is 3.47. The lowest BCUT2D eigenvalue weighted by Crippen LogP contribution is -2.15. The second kappa shape index (κ2) is 8.45. The summed E-state index contributed by atoms with van der Waals surface area (Å²) in [5.74, 6) is -0.338. The van der Waals surface area contributed by atoms with Gasteiger partial charge in [-0.25, -0.2) is 8.78 Å². The van der Waals surface area contributed by atoms with Gasteiger partial charge in [0.05, 0.1) is 0 Å². The number of rotatable bonds is 6. The highest BCUT2D eigenvalue weighted by Gasteiger charge is 2.25. The summed E-state index contributed by atoms with van der Waals surface area (Å²) in [4.78, 5) is 0. The summed E-state index contributed by atoms with van der Waals surface area (Å²) in [6.45, 7) is 3.81. The molecule has 0 bridgehead atoms. The van der Waals surface area contributed by atoms with Crippen LogP contribution in [-0.4, -0.2) is 0 Å². The topological polar surface area (TPSA) is 0 Å². The molecular weight excluding hydrogens is 278 g/mol. The van der Waals surface area contributed by atoms with Crippen LogP contribution in [0.25, 0.3) is 0 Å². The molecule has 0 spiro atoms. The molecule has 1 aromatic rings. The molecule has 0 N–H and O–H groups in total. The van der Waals surface area contributed by atoms with E-state index in [4.69, 9.17) is 0 Å². The van der Waals surface area contributed by atoms with Crippen molar-refractivity contribution in [2.45, 2.75) is 71.1 Å². The smallest absolute Gasteiger partial charge is 0.162 e. The first-order valence-electron chi connectivity index (χ1n) is 8.73. The zero-order valence-electron chi connectivity index (χ0n) is 13.9. The highest BCUT2D eigenvalue weighted by molar-refractivity contribution is 5.28. The number of aryl methyl sites for hydroxylation is 1. The summed E-state index contributed by atoms with van der Waals surface area (Å²) in [6.07, 6.45) is 13.6. The zero-order valence-corrected chi connectivity index (χ0v) is 13.9. The minimum absolute atomic E-state index is 0.196. The summed E-state index contributed by atoms with van der Waals surface area (Å²) >= 11 is 0.